The van der Waals surface area contributed by atoms with Crippen LogP contribution in [0.2, 0.25) is 5.02 Å². The summed E-state index contributed by atoms with van der Waals surface area (Å²) in [6.45, 7) is 1.79. The van der Waals surface area contributed by atoms with Crippen LogP contribution in [0.5, 0.6) is 0 Å². The normalized spacial score (nSPS) is 17.4. The van der Waals surface area contributed by atoms with Gasteiger partial charge in [-0.3, -0.25) is 4.79 Å². The van der Waals surface area contributed by atoms with Gasteiger partial charge in [0.25, 0.3) is 0 Å². The Hall–Kier alpha value is -3.10. The van der Waals surface area contributed by atoms with E-state index in [-0.39, 0.29) is 35.4 Å². The van der Waals surface area contributed by atoms with E-state index in [4.69, 9.17) is 20.4 Å². The lowest BCUT2D eigenvalue weighted by atomic mass is 9.99. The first-order valence-electron chi connectivity index (χ1n) is 10.8. The molecule has 1 atom stereocenters. The van der Waals surface area contributed by atoms with E-state index < -0.39 is 15.5 Å². The Morgan fingerprint density at radius 3 is 2.56 bits per heavy atom. The molecule has 1 fully saturated rings. The van der Waals surface area contributed by atoms with Crippen LogP contribution in [0.1, 0.15) is 17.5 Å². The van der Waals surface area contributed by atoms with Gasteiger partial charge in [0.05, 0.1) is 29.8 Å². The zero-order chi connectivity index (χ0) is 24.2. The molecule has 0 aliphatic carbocycles. The molecule has 1 amide bonds. The summed E-state index contributed by atoms with van der Waals surface area (Å²) < 4.78 is 34.9. The molecule has 2 aromatic carbocycles. The quantitative estimate of drug-likeness (QED) is 0.387. The van der Waals surface area contributed by atoms with E-state index in [2.05, 4.69) is 0 Å². The van der Waals surface area contributed by atoms with Gasteiger partial charge in [0.1, 0.15) is 11.2 Å². The summed E-state index contributed by atoms with van der Waals surface area (Å²) >= 11 is 6.02. The second-order valence-electron chi connectivity index (χ2n) is 8.73. The van der Waals surface area contributed by atoms with E-state index in [1.54, 1.807) is 38.4 Å². The van der Waals surface area contributed by atoms with Crippen molar-refractivity contribution in [3.63, 3.8) is 0 Å². The molecule has 5 rings (SSSR count). The van der Waals surface area contributed by atoms with E-state index in [1.165, 1.54) is 4.90 Å². The number of nitrogens with zero attached hydrogens (tertiary/aromatic N) is 1. The van der Waals surface area contributed by atoms with Gasteiger partial charge in [-0.25, -0.2) is 13.2 Å². The first kappa shape index (κ1) is 22.7. The van der Waals surface area contributed by atoms with Crippen molar-refractivity contribution in [2.45, 2.75) is 25.8 Å². The highest BCUT2D eigenvalue weighted by Crippen LogP contribution is 2.35. The Bertz CT molecular complexity index is 1600. The summed E-state index contributed by atoms with van der Waals surface area (Å²) in [5.74, 6) is -0.293. The third-order valence-electron chi connectivity index (χ3n) is 6.61. The van der Waals surface area contributed by atoms with Gasteiger partial charge in [-0.05, 0) is 42.7 Å². The zero-order valence-corrected chi connectivity index (χ0v) is 20.2. The summed E-state index contributed by atoms with van der Waals surface area (Å²) in [4.78, 5) is 27.1. The van der Waals surface area contributed by atoms with Crippen molar-refractivity contribution in [3.8, 4) is 11.1 Å². The Balaban J connectivity index is 1.53. The van der Waals surface area contributed by atoms with Crippen molar-refractivity contribution in [1.82, 2.24) is 4.90 Å². The number of amides is 1. The van der Waals surface area contributed by atoms with E-state index >= 15 is 0 Å². The number of likely N-dealkylation sites (N-methyl/N-ethyl adjacent to an activating group) is 1. The van der Waals surface area contributed by atoms with Gasteiger partial charge in [-0.1, -0.05) is 23.7 Å². The van der Waals surface area contributed by atoms with Crippen LogP contribution in [0.4, 0.5) is 0 Å². The molecular formula is C25H22ClNO6S. The molecule has 3 heterocycles. The van der Waals surface area contributed by atoms with E-state index in [0.717, 1.165) is 16.5 Å². The number of furan rings is 1. The molecule has 0 N–H and O–H groups in total. The lowest BCUT2D eigenvalue weighted by molar-refractivity contribution is -0.130. The number of benzene rings is 2. The van der Waals surface area contributed by atoms with Crippen molar-refractivity contribution in [2.24, 2.45) is 0 Å². The highest BCUT2D eigenvalue weighted by molar-refractivity contribution is 7.91. The summed E-state index contributed by atoms with van der Waals surface area (Å²) in [7, 11) is -1.54. The second kappa shape index (κ2) is 8.29. The van der Waals surface area contributed by atoms with Gasteiger partial charge in [0, 0.05) is 40.5 Å². The molecule has 9 heteroatoms. The van der Waals surface area contributed by atoms with Crippen LogP contribution in [0.3, 0.4) is 0 Å². The molecule has 2 aromatic heterocycles. The number of aryl methyl sites for hydroxylation is 1. The molecule has 1 aliphatic heterocycles. The molecule has 4 aromatic rings. The van der Waals surface area contributed by atoms with Crippen molar-refractivity contribution in [2.75, 3.05) is 18.6 Å². The molecule has 1 unspecified atom stereocenters. The average molecular weight is 500 g/mol. The minimum Gasteiger partial charge on any atom is -0.464 e. The fourth-order valence-corrected chi connectivity index (χ4v) is 6.43. The number of hydrogen-bond donors (Lipinski definition) is 0. The third-order valence-corrected chi connectivity index (χ3v) is 8.62. The standard InChI is InChI=1S/C25H22ClNO6S/c1-14-18-9-20-21(15-3-5-16(26)6-4-15)12-32-22(20)11-23(18)33-25(29)19(14)10-24(28)27(2)17-7-8-34(30,31)13-17/h3-6,9,11-12,17H,7-8,10,13H2,1-2H3. The topological polar surface area (TPSA) is 97.8 Å². The van der Waals surface area contributed by atoms with Crippen LogP contribution in [0.25, 0.3) is 33.1 Å². The fraction of sp³-hybridized carbons (Fsp3) is 0.280. The summed E-state index contributed by atoms with van der Waals surface area (Å²) in [5, 5.41) is 2.18. The highest BCUT2D eigenvalue weighted by Gasteiger charge is 2.33. The Kier molecular flexibility index (Phi) is 5.53. The molecule has 176 valence electrons. The lowest BCUT2D eigenvalue weighted by Crippen LogP contribution is -2.39. The summed E-state index contributed by atoms with van der Waals surface area (Å²) in [5.41, 5.74) is 3.08. The number of hydrogen-bond acceptors (Lipinski definition) is 6. The van der Waals surface area contributed by atoms with Gasteiger partial charge in [0.2, 0.25) is 5.91 Å². The maximum Gasteiger partial charge on any atom is 0.340 e. The predicted octanol–water partition coefficient (Wildman–Crippen LogP) is 4.36. The number of carbonyl (C=O) groups is 1. The maximum absolute atomic E-state index is 12.9. The van der Waals surface area contributed by atoms with Crippen LogP contribution in [-0.4, -0.2) is 43.8 Å². The maximum atomic E-state index is 12.9. The minimum absolute atomic E-state index is 0.0491. The minimum atomic E-state index is -3.13. The van der Waals surface area contributed by atoms with Crippen LogP contribution < -0.4 is 5.63 Å². The molecule has 0 spiro atoms. The number of fused-ring (bicyclic) bond motifs is 2. The number of carbonyl (C=O) groups excluding carboxylic acids is 1. The summed E-state index contributed by atoms with van der Waals surface area (Å²) in [6, 6.07) is 10.6. The van der Waals surface area contributed by atoms with Gasteiger partial charge in [-0.2, -0.15) is 0 Å². The summed E-state index contributed by atoms with van der Waals surface area (Å²) in [6.07, 6.45) is 1.89. The van der Waals surface area contributed by atoms with Gasteiger partial charge >= 0.3 is 5.63 Å². The zero-order valence-electron chi connectivity index (χ0n) is 18.6. The SMILES string of the molecule is Cc1c(CC(=O)N(C)C2CCS(=O)(=O)C2)c(=O)oc2cc3occ(-c4ccc(Cl)cc4)c3cc12. The first-order chi connectivity index (χ1) is 16.1. The van der Waals surface area contributed by atoms with E-state index in [1.807, 2.05) is 18.2 Å². The molecule has 0 radical (unpaired) electrons. The molecule has 34 heavy (non-hydrogen) atoms. The molecular weight excluding hydrogens is 478 g/mol. The monoisotopic (exact) mass is 499 g/mol. The lowest BCUT2D eigenvalue weighted by Gasteiger charge is -2.23. The number of sulfone groups is 1. The largest absolute Gasteiger partial charge is 0.464 e. The van der Waals surface area contributed by atoms with Crippen molar-refractivity contribution >= 4 is 49.3 Å². The first-order valence-corrected chi connectivity index (χ1v) is 13.0. The average Bonchev–Trinajstić information content (AvgIpc) is 3.37. The van der Waals surface area contributed by atoms with E-state index in [9.17, 15) is 18.0 Å². The molecule has 1 aliphatic rings. The highest BCUT2D eigenvalue weighted by atomic mass is 35.5. The molecule has 7 nitrogen and oxygen atoms in total. The van der Waals surface area contributed by atoms with Crippen molar-refractivity contribution < 1.29 is 22.0 Å². The third kappa shape index (κ3) is 4.01. The Morgan fingerprint density at radius 1 is 1.15 bits per heavy atom. The molecule has 1 saturated heterocycles. The van der Waals surface area contributed by atoms with Crippen LogP contribution in [-0.2, 0) is 21.1 Å². The Morgan fingerprint density at radius 2 is 1.88 bits per heavy atom. The second-order valence-corrected chi connectivity index (χ2v) is 11.4. The smallest absolute Gasteiger partial charge is 0.340 e. The van der Waals surface area contributed by atoms with E-state index in [0.29, 0.717) is 33.6 Å². The van der Waals surface area contributed by atoms with Crippen LogP contribution >= 0.6 is 11.6 Å². The van der Waals surface area contributed by atoms with Crippen LogP contribution in [0.15, 0.2) is 56.3 Å². The Labute approximate surface area is 200 Å². The van der Waals surface area contributed by atoms with Crippen molar-refractivity contribution in [3.05, 3.63) is 69.2 Å². The van der Waals surface area contributed by atoms with Crippen molar-refractivity contribution in [1.29, 1.82) is 0 Å². The van der Waals surface area contributed by atoms with Gasteiger partial charge in [0.15, 0.2) is 9.84 Å². The number of rotatable bonds is 4. The number of halogens is 1. The molecule has 0 saturated carbocycles. The van der Waals surface area contributed by atoms with Gasteiger partial charge < -0.3 is 13.7 Å². The van der Waals surface area contributed by atoms with Crippen LogP contribution in [0, 0.1) is 6.92 Å². The molecule has 0 bridgehead atoms. The van der Waals surface area contributed by atoms with Gasteiger partial charge in [-0.15, -0.1) is 0 Å². The fourth-order valence-electron chi connectivity index (χ4n) is 4.53. The predicted molar refractivity (Wildman–Crippen MR) is 131 cm³/mol.